The van der Waals surface area contributed by atoms with Gasteiger partial charge in [-0.3, -0.25) is 4.79 Å². The van der Waals surface area contributed by atoms with Gasteiger partial charge in [-0.2, -0.15) is 5.10 Å². The second kappa shape index (κ2) is 6.11. The van der Waals surface area contributed by atoms with Gasteiger partial charge in [0, 0.05) is 17.2 Å². The third-order valence-electron chi connectivity index (χ3n) is 2.57. The second-order valence-electron chi connectivity index (χ2n) is 3.71. The van der Waals surface area contributed by atoms with E-state index in [1.165, 1.54) is 0 Å². The Labute approximate surface area is 114 Å². The van der Waals surface area contributed by atoms with Crippen LogP contribution in [0.2, 0.25) is 0 Å². The molecule has 0 spiro atoms. The van der Waals surface area contributed by atoms with Crippen molar-refractivity contribution in [2.75, 3.05) is 12.5 Å². The number of hydrogen-bond acceptors (Lipinski definition) is 4. The molecule has 3 nitrogen and oxygen atoms in total. The number of benzene rings is 1. The molecule has 0 aliphatic heterocycles. The first-order valence-electron chi connectivity index (χ1n) is 5.47. The van der Waals surface area contributed by atoms with Crippen LogP contribution in [-0.2, 0) is 0 Å². The van der Waals surface area contributed by atoms with Gasteiger partial charge >= 0.3 is 0 Å². The smallest absolute Gasteiger partial charge is 0.264 e. The summed E-state index contributed by atoms with van der Waals surface area (Å²) in [6, 6.07) is 11.6. The maximum absolute atomic E-state index is 11.5. The average molecular weight is 278 g/mol. The van der Waals surface area contributed by atoms with Gasteiger partial charge in [-0.1, -0.05) is 30.3 Å². The Morgan fingerprint density at radius 2 is 1.83 bits per heavy atom. The summed E-state index contributed by atoms with van der Waals surface area (Å²) >= 11 is 3.42. The van der Waals surface area contributed by atoms with E-state index in [2.05, 4.69) is 10.2 Å². The largest absolute Gasteiger partial charge is 0.268 e. The molecule has 1 aromatic heterocycles. The number of H-pyrrole nitrogens is 1. The fourth-order valence-corrected chi connectivity index (χ4v) is 3.41. The van der Waals surface area contributed by atoms with Crippen LogP contribution in [0.1, 0.15) is 10.1 Å². The van der Waals surface area contributed by atoms with Crippen LogP contribution in [0.25, 0.3) is 11.3 Å². The van der Waals surface area contributed by atoms with Gasteiger partial charge in [0.05, 0.1) is 10.3 Å². The molecule has 0 radical (unpaired) electrons. The summed E-state index contributed by atoms with van der Waals surface area (Å²) < 4.78 is 0.218. The van der Waals surface area contributed by atoms with E-state index < -0.39 is 0 Å². The van der Waals surface area contributed by atoms with Gasteiger partial charge in [0.25, 0.3) is 5.56 Å². The van der Waals surface area contributed by atoms with Crippen LogP contribution in [0.5, 0.6) is 0 Å². The number of rotatable bonds is 4. The molecule has 1 aromatic carbocycles. The van der Waals surface area contributed by atoms with Crippen molar-refractivity contribution >= 4 is 23.5 Å². The van der Waals surface area contributed by atoms with Gasteiger partial charge < -0.3 is 0 Å². The lowest BCUT2D eigenvalue weighted by Crippen LogP contribution is -2.11. The Bertz CT molecular complexity index is 565. The minimum atomic E-state index is -0.155. The predicted molar refractivity (Wildman–Crippen MR) is 80.1 cm³/mol. The van der Waals surface area contributed by atoms with Crippen LogP contribution < -0.4 is 5.56 Å². The van der Waals surface area contributed by atoms with E-state index in [1.54, 1.807) is 29.6 Å². The normalized spacial score (nSPS) is 10.8. The van der Waals surface area contributed by atoms with E-state index in [-0.39, 0.29) is 10.1 Å². The summed E-state index contributed by atoms with van der Waals surface area (Å²) in [6.07, 6.45) is 4.08. The summed E-state index contributed by atoms with van der Waals surface area (Å²) in [5.41, 5.74) is 2.70. The summed E-state index contributed by atoms with van der Waals surface area (Å²) in [7, 11) is 0. The minimum absolute atomic E-state index is 0.155. The zero-order chi connectivity index (χ0) is 13.0. The van der Waals surface area contributed by atoms with Gasteiger partial charge in [-0.05, 0) is 12.5 Å². The van der Waals surface area contributed by atoms with E-state index in [4.69, 9.17) is 0 Å². The van der Waals surface area contributed by atoms with E-state index in [0.29, 0.717) is 0 Å². The standard InChI is InChI=1S/C13H14N2OS2/c1-17-13(18-2)10-8-11(16)14-15-12(10)9-6-4-3-5-7-9/h3-8,13H,1-2H3,(H,14,16). The van der Waals surface area contributed by atoms with Crippen molar-refractivity contribution in [3.63, 3.8) is 0 Å². The monoisotopic (exact) mass is 278 g/mol. The quantitative estimate of drug-likeness (QED) is 0.873. The molecule has 0 amide bonds. The molecule has 94 valence electrons. The molecule has 0 fully saturated rings. The molecule has 1 N–H and O–H groups in total. The van der Waals surface area contributed by atoms with Crippen molar-refractivity contribution in [3.8, 4) is 11.3 Å². The van der Waals surface area contributed by atoms with Gasteiger partial charge in [0.15, 0.2) is 0 Å². The average Bonchev–Trinajstić information content (AvgIpc) is 2.41. The maximum atomic E-state index is 11.5. The lowest BCUT2D eigenvalue weighted by molar-refractivity contribution is 0.977. The lowest BCUT2D eigenvalue weighted by Gasteiger charge is -2.15. The van der Waals surface area contributed by atoms with Crippen molar-refractivity contribution in [1.29, 1.82) is 0 Å². The van der Waals surface area contributed by atoms with Crippen molar-refractivity contribution in [1.82, 2.24) is 10.2 Å². The van der Waals surface area contributed by atoms with Gasteiger partial charge in [0.2, 0.25) is 0 Å². The van der Waals surface area contributed by atoms with Crippen LogP contribution >= 0.6 is 23.5 Å². The van der Waals surface area contributed by atoms with Crippen LogP contribution in [0, 0.1) is 0 Å². The maximum Gasteiger partial charge on any atom is 0.264 e. The molecule has 2 rings (SSSR count). The zero-order valence-corrected chi connectivity index (χ0v) is 11.8. The molecular formula is C13H14N2OS2. The van der Waals surface area contributed by atoms with Crippen LogP contribution in [0.15, 0.2) is 41.2 Å². The highest BCUT2D eigenvalue weighted by Crippen LogP contribution is 2.39. The summed E-state index contributed by atoms with van der Waals surface area (Å²) in [4.78, 5) is 11.5. The van der Waals surface area contributed by atoms with Crippen LogP contribution in [0.3, 0.4) is 0 Å². The third kappa shape index (κ3) is 2.79. The summed E-state index contributed by atoms with van der Waals surface area (Å²) in [5, 5.41) is 6.72. The van der Waals surface area contributed by atoms with E-state index in [0.717, 1.165) is 16.8 Å². The summed E-state index contributed by atoms with van der Waals surface area (Å²) in [6.45, 7) is 0. The number of aromatic nitrogens is 2. The highest BCUT2D eigenvalue weighted by atomic mass is 32.2. The Morgan fingerprint density at radius 1 is 1.17 bits per heavy atom. The van der Waals surface area contributed by atoms with Crippen molar-refractivity contribution < 1.29 is 0 Å². The van der Waals surface area contributed by atoms with Crippen LogP contribution in [-0.4, -0.2) is 22.7 Å². The Kier molecular flexibility index (Phi) is 4.49. The molecule has 5 heteroatoms. The topological polar surface area (TPSA) is 45.8 Å². The van der Waals surface area contributed by atoms with E-state index >= 15 is 0 Å². The number of thioether (sulfide) groups is 2. The lowest BCUT2D eigenvalue weighted by atomic mass is 10.1. The van der Waals surface area contributed by atoms with Crippen molar-refractivity contribution in [3.05, 3.63) is 52.3 Å². The SMILES string of the molecule is CSC(SC)c1cc(=O)[nH]nc1-c1ccccc1. The molecule has 2 aromatic rings. The van der Waals surface area contributed by atoms with Crippen molar-refractivity contribution in [2.24, 2.45) is 0 Å². The molecule has 0 aliphatic rings. The summed E-state index contributed by atoms with van der Waals surface area (Å²) in [5.74, 6) is 0. The first-order chi connectivity index (χ1) is 8.76. The number of nitrogens with zero attached hydrogens (tertiary/aromatic N) is 1. The van der Waals surface area contributed by atoms with Gasteiger partial charge in [0.1, 0.15) is 0 Å². The van der Waals surface area contributed by atoms with Crippen LogP contribution in [0.4, 0.5) is 0 Å². The Hall–Kier alpha value is -1.20. The van der Waals surface area contributed by atoms with Gasteiger partial charge in [-0.25, -0.2) is 5.10 Å². The zero-order valence-electron chi connectivity index (χ0n) is 10.2. The predicted octanol–water partition coefficient (Wildman–Crippen LogP) is 3.16. The molecule has 0 aliphatic carbocycles. The molecule has 0 atom stereocenters. The molecule has 0 saturated heterocycles. The van der Waals surface area contributed by atoms with Crippen molar-refractivity contribution in [2.45, 2.75) is 4.58 Å². The number of aromatic amines is 1. The number of nitrogens with one attached hydrogen (secondary N) is 1. The molecule has 18 heavy (non-hydrogen) atoms. The fraction of sp³-hybridized carbons (Fsp3) is 0.231. The molecule has 0 saturated carbocycles. The van der Waals surface area contributed by atoms with E-state index in [9.17, 15) is 4.79 Å². The second-order valence-corrected chi connectivity index (χ2v) is 5.89. The molecule has 1 heterocycles. The van der Waals surface area contributed by atoms with E-state index in [1.807, 2.05) is 42.8 Å². The first kappa shape index (κ1) is 13.2. The van der Waals surface area contributed by atoms with Gasteiger partial charge in [-0.15, -0.1) is 23.5 Å². The molecule has 0 bridgehead atoms. The highest BCUT2D eigenvalue weighted by Gasteiger charge is 2.16. The molecule has 0 unspecified atom stereocenters. The minimum Gasteiger partial charge on any atom is -0.268 e. The highest BCUT2D eigenvalue weighted by molar-refractivity contribution is 8.15. The molecular weight excluding hydrogens is 264 g/mol. The Morgan fingerprint density at radius 3 is 2.44 bits per heavy atom. The first-order valence-corrected chi connectivity index (χ1v) is 8.04. The Balaban J connectivity index is 2.57. The number of hydrogen-bond donors (Lipinski definition) is 1. The third-order valence-corrected chi connectivity index (χ3v) is 5.09. The fourth-order valence-electron chi connectivity index (χ4n) is 1.77.